The lowest BCUT2D eigenvalue weighted by Crippen LogP contribution is -2.37. The Morgan fingerprint density at radius 3 is 3.06 bits per heavy atom. The second-order valence-corrected chi connectivity index (χ2v) is 4.55. The second-order valence-electron chi connectivity index (χ2n) is 4.55. The van der Waals surface area contributed by atoms with Crippen LogP contribution in [0.1, 0.15) is 18.9 Å². The van der Waals surface area contributed by atoms with E-state index in [2.05, 4.69) is 16.8 Å². The molecule has 3 nitrogen and oxygen atoms in total. The van der Waals surface area contributed by atoms with Crippen molar-refractivity contribution >= 4 is 0 Å². The van der Waals surface area contributed by atoms with E-state index in [4.69, 9.17) is 5.73 Å². The third-order valence-electron chi connectivity index (χ3n) is 3.39. The highest BCUT2D eigenvalue weighted by Gasteiger charge is 2.29. The molecule has 2 rings (SSSR count). The molecule has 4 heteroatoms. The van der Waals surface area contributed by atoms with Gasteiger partial charge in [0.05, 0.1) is 6.20 Å². The molecule has 1 fully saturated rings. The summed E-state index contributed by atoms with van der Waals surface area (Å²) in [6.45, 7) is 4.68. The average molecular weight is 223 g/mol. The van der Waals surface area contributed by atoms with E-state index in [0.29, 0.717) is 18.5 Å². The van der Waals surface area contributed by atoms with Gasteiger partial charge in [0.25, 0.3) is 0 Å². The first-order chi connectivity index (χ1) is 7.70. The number of hydrogen-bond donors (Lipinski definition) is 1. The van der Waals surface area contributed by atoms with Crippen LogP contribution in [0.3, 0.4) is 0 Å². The Hall–Kier alpha value is -1.00. The standard InChI is InChI=1S/C12H18FN3/c1-9-2-3-16(12(9)5-14)8-10-4-11(13)7-15-6-10/h4,6-7,9,12H,2-3,5,8,14H2,1H3. The first kappa shape index (κ1) is 11.5. The zero-order valence-corrected chi connectivity index (χ0v) is 9.56. The molecule has 0 saturated carbocycles. The molecule has 2 heterocycles. The molecule has 1 aliphatic heterocycles. The molecule has 1 saturated heterocycles. The first-order valence-electron chi connectivity index (χ1n) is 5.74. The summed E-state index contributed by atoms with van der Waals surface area (Å²) in [6.07, 6.45) is 4.13. The van der Waals surface area contributed by atoms with Crippen LogP contribution < -0.4 is 5.73 Å². The highest BCUT2D eigenvalue weighted by atomic mass is 19.1. The number of aromatic nitrogens is 1. The maximum absolute atomic E-state index is 13.0. The highest BCUT2D eigenvalue weighted by molar-refractivity contribution is 5.10. The number of hydrogen-bond acceptors (Lipinski definition) is 3. The molecule has 16 heavy (non-hydrogen) atoms. The van der Waals surface area contributed by atoms with Crippen molar-refractivity contribution < 1.29 is 4.39 Å². The van der Waals surface area contributed by atoms with E-state index in [1.807, 2.05) is 0 Å². The Balaban J connectivity index is 2.04. The van der Waals surface area contributed by atoms with E-state index in [-0.39, 0.29) is 5.82 Å². The fourth-order valence-electron chi connectivity index (χ4n) is 2.44. The summed E-state index contributed by atoms with van der Waals surface area (Å²) in [7, 11) is 0. The van der Waals surface area contributed by atoms with Gasteiger partial charge in [0, 0.05) is 25.3 Å². The SMILES string of the molecule is CC1CCN(Cc2cncc(F)c2)C1CN. The van der Waals surface area contributed by atoms with Crippen LogP contribution in [0.15, 0.2) is 18.5 Å². The van der Waals surface area contributed by atoms with Crippen molar-refractivity contribution in [3.8, 4) is 0 Å². The smallest absolute Gasteiger partial charge is 0.141 e. The summed E-state index contributed by atoms with van der Waals surface area (Å²) in [5, 5.41) is 0. The second kappa shape index (κ2) is 4.89. The zero-order valence-electron chi connectivity index (χ0n) is 9.56. The molecule has 0 radical (unpaired) electrons. The minimum atomic E-state index is -0.269. The molecule has 0 aliphatic carbocycles. The summed E-state index contributed by atoms with van der Waals surface area (Å²) in [6, 6.07) is 1.96. The number of halogens is 1. The minimum Gasteiger partial charge on any atom is -0.329 e. The van der Waals surface area contributed by atoms with Crippen LogP contribution >= 0.6 is 0 Å². The molecule has 1 aliphatic rings. The lowest BCUT2D eigenvalue weighted by Gasteiger charge is -2.25. The first-order valence-corrected chi connectivity index (χ1v) is 5.74. The molecule has 0 aromatic carbocycles. The lowest BCUT2D eigenvalue weighted by atomic mass is 10.0. The van der Waals surface area contributed by atoms with Crippen molar-refractivity contribution in [3.05, 3.63) is 29.8 Å². The molecule has 0 amide bonds. The van der Waals surface area contributed by atoms with E-state index in [0.717, 1.165) is 18.7 Å². The number of nitrogens with zero attached hydrogens (tertiary/aromatic N) is 2. The summed E-state index contributed by atoms with van der Waals surface area (Å²) in [5.74, 6) is 0.362. The van der Waals surface area contributed by atoms with Crippen molar-refractivity contribution in [2.75, 3.05) is 13.1 Å². The van der Waals surface area contributed by atoms with E-state index in [1.165, 1.54) is 12.6 Å². The maximum Gasteiger partial charge on any atom is 0.141 e. The Morgan fingerprint density at radius 1 is 1.56 bits per heavy atom. The molecule has 1 aromatic heterocycles. The highest BCUT2D eigenvalue weighted by Crippen LogP contribution is 2.24. The van der Waals surface area contributed by atoms with E-state index in [9.17, 15) is 4.39 Å². The molecule has 1 aromatic rings. The van der Waals surface area contributed by atoms with E-state index in [1.54, 1.807) is 12.3 Å². The zero-order chi connectivity index (χ0) is 11.5. The molecule has 2 unspecified atom stereocenters. The maximum atomic E-state index is 13.0. The van der Waals surface area contributed by atoms with Crippen LogP contribution in [0.4, 0.5) is 4.39 Å². The molecule has 2 N–H and O–H groups in total. The van der Waals surface area contributed by atoms with Crippen LogP contribution in [0.25, 0.3) is 0 Å². The molecule has 88 valence electrons. The largest absolute Gasteiger partial charge is 0.329 e. The van der Waals surface area contributed by atoms with Gasteiger partial charge in [-0.05, 0) is 30.5 Å². The van der Waals surface area contributed by atoms with Gasteiger partial charge in [-0.3, -0.25) is 9.88 Å². The van der Waals surface area contributed by atoms with Gasteiger partial charge in [-0.15, -0.1) is 0 Å². The van der Waals surface area contributed by atoms with Crippen LogP contribution in [-0.4, -0.2) is 29.0 Å². The van der Waals surface area contributed by atoms with Gasteiger partial charge in [0.15, 0.2) is 0 Å². The third kappa shape index (κ3) is 2.39. The minimum absolute atomic E-state index is 0.269. The van der Waals surface area contributed by atoms with Crippen LogP contribution in [0, 0.1) is 11.7 Å². The number of pyridine rings is 1. The Morgan fingerprint density at radius 2 is 2.38 bits per heavy atom. The van der Waals surface area contributed by atoms with Gasteiger partial charge in [-0.25, -0.2) is 4.39 Å². The van der Waals surface area contributed by atoms with Crippen LogP contribution in [0.2, 0.25) is 0 Å². The van der Waals surface area contributed by atoms with Gasteiger partial charge in [0.2, 0.25) is 0 Å². The predicted octanol–water partition coefficient (Wildman–Crippen LogP) is 1.39. The van der Waals surface area contributed by atoms with Gasteiger partial charge in [-0.2, -0.15) is 0 Å². The molecule has 0 bridgehead atoms. The Bertz CT molecular complexity index is 356. The summed E-state index contributed by atoms with van der Waals surface area (Å²) in [5.41, 5.74) is 6.69. The van der Waals surface area contributed by atoms with Crippen molar-refractivity contribution in [1.82, 2.24) is 9.88 Å². The van der Waals surface area contributed by atoms with Crippen molar-refractivity contribution in [1.29, 1.82) is 0 Å². The number of nitrogens with two attached hydrogens (primary N) is 1. The third-order valence-corrected chi connectivity index (χ3v) is 3.39. The molecular weight excluding hydrogens is 205 g/mol. The summed E-state index contributed by atoms with van der Waals surface area (Å²) in [4.78, 5) is 6.18. The lowest BCUT2D eigenvalue weighted by molar-refractivity contribution is 0.228. The van der Waals surface area contributed by atoms with Gasteiger partial charge >= 0.3 is 0 Å². The summed E-state index contributed by atoms with van der Waals surface area (Å²) < 4.78 is 13.0. The Labute approximate surface area is 95.5 Å². The van der Waals surface area contributed by atoms with Gasteiger partial charge in [-0.1, -0.05) is 6.92 Å². The topological polar surface area (TPSA) is 42.2 Å². The van der Waals surface area contributed by atoms with E-state index >= 15 is 0 Å². The fraction of sp³-hybridized carbons (Fsp3) is 0.583. The van der Waals surface area contributed by atoms with Crippen LogP contribution in [0.5, 0.6) is 0 Å². The van der Waals surface area contributed by atoms with Crippen LogP contribution in [-0.2, 0) is 6.54 Å². The van der Waals surface area contributed by atoms with Crippen molar-refractivity contribution in [2.24, 2.45) is 11.7 Å². The Kier molecular flexibility index (Phi) is 3.51. The number of likely N-dealkylation sites (tertiary alicyclic amines) is 1. The molecule has 2 atom stereocenters. The van der Waals surface area contributed by atoms with Gasteiger partial charge < -0.3 is 5.73 Å². The predicted molar refractivity (Wildman–Crippen MR) is 61.2 cm³/mol. The monoisotopic (exact) mass is 223 g/mol. The molecular formula is C12H18FN3. The van der Waals surface area contributed by atoms with Crippen molar-refractivity contribution in [2.45, 2.75) is 25.9 Å². The van der Waals surface area contributed by atoms with Crippen molar-refractivity contribution in [3.63, 3.8) is 0 Å². The normalized spacial score (nSPS) is 26.2. The molecule has 0 spiro atoms. The van der Waals surface area contributed by atoms with Gasteiger partial charge in [0.1, 0.15) is 5.82 Å². The fourth-order valence-corrected chi connectivity index (χ4v) is 2.44. The van der Waals surface area contributed by atoms with E-state index < -0.39 is 0 Å². The number of rotatable bonds is 3. The quantitative estimate of drug-likeness (QED) is 0.842. The average Bonchev–Trinajstić information content (AvgIpc) is 2.59. The summed E-state index contributed by atoms with van der Waals surface area (Å²) >= 11 is 0.